The summed E-state index contributed by atoms with van der Waals surface area (Å²) in [6.07, 6.45) is 9.55. The Morgan fingerprint density at radius 1 is 1.06 bits per heavy atom. The van der Waals surface area contributed by atoms with Crippen LogP contribution in [0.5, 0.6) is 0 Å². The zero-order valence-corrected chi connectivity index (χ0v) is 10.8. The molecular formula is C14H25N3. The Morgan fingerprint density at radius 3 is 2.59 bits per heavy atom. The van der Waals surface area contributed by atoms with Crippen molar-refractivity contribution >= 4 is 0 Å². The van der Waals surface area contributed by atoms with E-state index in [-0.39, 0.29) is 0 Å². The zero-order valence-electron chi connectivity index (χ0n) is 10.8. The van der Waals surface area contributed by atoms with E-state index >= 15 is 0 Å². The molecule has 1 N–H and O–H groups in total. The number of hydrogen-bond acceptors (Lipinski definition) is 3. The van der Waals surface area contributed by atoms with Crippen LogP contribution < -0.4 is 5.32 Å². The van der Waals surface area contributed by atoms with Gasteiger partial charge in [0.2, 0.25) is 0 Å². The van der Waals surface area contributed by atoms with Crippen LogP contribution in [0.4, 0.5) is 0 Å². The Hall–Kier alpha value is -0.590. The standard InChI is InChI=1S/C14H25N3/c15-8-10-17-9-4-3-7-14(17)12-16-11-13-5-1-2-6-13/h13-14,16H,1-7,9-12H2. The molecule has 3 nitrogen and oxygen atoms in total. The highest BCUT2D eigenvalue weighted by atomic mass is 15.2. The van der Waals surface area contributed by atoms with E-state index in [2.05, 4.69) is 16.3 Å². The Labute approximate surface area is 105 Å². The molecule has 1 aliphatic carbocycles. The monoisotopic (exact) mass is 235 g/mol. The van der Waals surface area contributed by atoms with Crippen LogP contribution in [0.3, 0.4) is 0 Å². The number of nitriles is 1. The first-order valence-electron chi connectivity index (χ1n) is 7.22. The van der Waals surface area contributed by atoms with Gasteiger partial charge >= 0.3 is 0 Å². The van der Waals surface area contributed by atoms with Crippen LogP contribution >= 0.6 is 0 Å². The Balaban J connectivity index is 1.66. The molecule has 1 saturated carbocycles. The Morgan fingerprint density at radius 2 is 1.82 bits per heavy atom. The minimum absolute atomic E-state index is 0.602. The van der Waals surface area contributed by atoms with Crippen LogP contribution in [-0.2, 0) is 0 Å². The van der Waals surface area contributed by atoms with E-state index in [1.165, 1.54) is 51.5 Å². The molecule has 0 aromatic carbocycles. The molecule has 0 aromatic heterocycles. The van der Waals surface area contributed by atoms with E-state index in [0.29, 0.717) is 12.6 Å². The van der Waals surface area contributed by atoms with Gasteiger partial charge in [-0.1, -0.05) is 19.3 Å². The number of likely N-dealkylation sites (tertiary alicyclic amines) is 1. The van der Waals surface area contributed by atoms with Gasteiger partial charge in [0.05, 0.1) is 12.6 Å². The van der Waals surface area contributed by atoms with Crippen molar-refractivity contribution in [2.45, 2.75) is 51.0 Å². The van der Waals surface area contributed by atoms with Crippen LogP contribution in [-0.4, -0.2) is 37.1 Å². The maximum absolute atomic E-state index is 8.82. The number of nitrogens with zero attached hydrogens (tertiary/aromatic N) is 2. The summed E-state index contributed by atoms with van der Waals surface area (Å²) in [5, 5.41) is 12.5. The van der Waals surface area contributed by atoms with Crippen molar-refractivity contribution in [1.29, 1.82) is 5.26 Å². The van der Waals surface area contributed by atoms with Crippen molar-refractivity contribution in [1.82, 2.24) is 10.2 Å². The molecular weight excluding hydrogens is 210 g/mol. The van der Waals surface area contributed by atoms with E-state index < -0.39 is 0 Å². The fraction of sp³-hybridized carbons (Fsp3) is 0.929. The van der Waals surface area contributed by atoms with Crippen LogP contribution in [0, 0.1) is 17.2 Å². The van der Waals surface area contributed by atoms with E-state index in [1.807, 2.05) is 0 Å². The highest BCUT2D eigenvalue weighted by molar-refractivity contribution is 4.86. The van der Waals surface area contributed by atoms with Crippen molar-refractivity contribution < 1.29 is 0 Å². The predicted octanol–water partition coefficient (Wildman–Crippen LogP) is 2.14. The molecule has 0 amide bonds. The van der Waals surface area contributed by atoms with Crippen molar-refractivity contribution in [2.24, 2.45) is 5.92 Å². The van der Waals surface area contributed by atoms with Crippen LogP contribution in [0.25, 0.3) is 0 Å². The highest BCUT2D eigenvalue weighted by Gasteiger charge is 2.22. The zero-order chi connectivity index (χ0) is 11.9. The lowest BCUT2D eigenvalue weighted by Gasteiger charge is -2.34. The quantitative estimate of drug-likeness (QED) is 0.742. The van der Waals surface area contributed by atoms with Crippen molar-refractivity contribution in [3.63, 3.8) is 0 Å². The number of rotatable bonds is 5. The lowest BCUT2D eigenvalue weighted by molar-refractivity contribution is 0.162. The summed E-state index contributed by atoms with van der Waals surface area (Å²) in [6.45, 7) is 3.99. The summed E-state index contributed by atoms with van der Waals surface area (Å²) < 4.78 is 0. The van der Waals surface area contributed by atoms with Gasteiger partial charge in [0.25, 0.3) is 0 Å². The van der Waals surface area contributed by atoms with Gasteiger partial charge in [-0.25, -0.2) is 0 Å². The number of hydrogen-bond donors (Lipinski definition) is 1. The normalized spacial score (nSPS) is 27.1. The van der Waals surface area contributed by atoms with E-state index in [0.717, 1.165) is 19.0 Å². The second kappa shape index (κ2) is 6.98. The first kappa shape index (κ1) is 12.9. The third-order valence-corrected chi connectivity index (χ3v) is 4.31. The van der Waals surface area contributed by atoms with Crippen LogP contribution in [0.2, 0.25) is 0 Å². The lowest BCUT2D eigenvalue weighted by Crippen LogP contribution is -2.46. The van der Waals surface area contributed by atoms with Crippen LogP contribution in [0.15, 0.2) is 0 Å². The highest BCUT2D eigenvalue weighted by Crippen LogP contribution is 2.24. The van der Waals surface area contributed by atoms with Gasteiger partial charge in [0, 0.05) is 12.6 Å². The third-order valence-electron chi connectivity index (χ3n) is 4.31. The molecule has 2 aliphatic rings. The van der Waals surface area contributed by atoms with Gasteiger partial charge in [0.1, 0.15) is 0 Å². The summed E-state index contributed by atoms with van der Waals surface area (Å²) >= 11 is 0. The smallest absolute Gasteiger partial charge is 0.0868 e. The molecule has 96 valence electrons. The largest absolute Gasteiger partial charge is 0.315 e. The molecule has 3 heteroatoms. The minimum atomic E-state index is 0.602. The van der Waals surface area contributed by atoms with E-state index in [4.69, 9.17) is 5.26 Å². The van der Waals surface area contributed by atoms with Crippen molar-refractivity contribution in [3.05, 3.63) is 0 Å². The molecule has 2 fully saturated rings. The third kappa shape index (κ3) is 3.97. The van der Waals surface area contributed by atoms with Gasteiger partial charge in [-0.05, 0) is 44.7 Å². The Bertz CT molecular complexity index is 253. The molecule has 1 heterocycles. The summed E-state index contributed by atoms with van der Waals surface area (Å²) in [6, 6.07) is 2.90. The fourth-order valence-corrected chi connectivity index (χ4v) is 3.26. The summed E-state index contributed by atoms with van der Waals surface area (Å²) in [5.41, 5.74) is 0. The average Bonchev–Trinajstić information content (AvgIpc) is 2.85. The van der Waals surface area contributed by atoms with Gasteiger partial charge in [0.15, 0.2) is 0 Å². The molecule has 1 atom stereocenters. The number of piperidine rings is 1. The minimum Gasteiger partial charge on any atom is -0.315 e. The molecule has 1 unspecified atom stereocenters. The molecule has 1 aliphatic heterocycles. The molecule has 0 spiro atoms. The second-order valence-electron chi connectivity index (χ2n) is 5.59. The van der Waals surface area contributed by atoms with E-state index in [9.17, 15) is 0 Å². The SMILES string of the molecule is N#CCN1CCCCC1CNCC1CCCC1. The van der Waals surface area contributed by atoms with Gasteiger partial charge < -0.3 is 5.32 Å². The molecule has 1 saturated heterocycles. The topological polar surface area (TPSA) is 39.1 Å². The van der Waals surface area contributed by atoms with Gasteiger partial charge in [-0.15, -0.1) is 0 Å². The predicted molar refractivity (Wildman–Crippen MR) is 69.7 cm³/mol. The lowest BCUT2D eigenvalue weighted by atomic mass is 10.0. The molecule has 0 aromatic rings. The average molecular weight is 235 g/mol. The van der Waals surface area contributed by atoms with Gasteiger partial charge in [-0.3, -0.25) is 4.90 Å². The van der Waals surface area contributed by atoms with Crippen molar-refractivity contribution in [3.8, 4) is 6.07 Å². The van der Waals surface area contributed by atoms with Crippen LogP contribution in [0.1, 0.15) is 44.9 Å². The summed E-state index contributed by atoms with van der Waals surface area (Å²) in [7, 11) is 0. The fourth-order valence-electron chi connectivity index (χ4n) is 3.26. The molecule has 17 heavy (non-hydrogen) atoms. The van der Waals surface area contributed by atoms with E-state index in [1.54, 1.807) is 0 Å². The summed E-state index contributed by atoms with van der Waals surface area (Å²) in [5.74, 6) is 0.919. The maximum atomic E-state index is 8.82. The van der Waals surface area contributed by atoms with Gasteiger partial charge in [-0.2, -0.15) is 5.26 Å². The molecule has 2 rings (SSSR count). The Kier molecular flexibility index (Phi) is 5.28. The van der Waals surface area contributed by atoms with Crippen molar-refractivity contribution in [2.75, 3.05) is 26.2 Å². The second-order valence-corrected chi connectivity index (χ2v) is 5.59. The first-order chi connectivity index (χ1) is 8.40. The first-order valence-corrected chi connectivity index (χ1v) is 7.22. The maximum Gasteiger partial charge on any atom is 0.0868 e. The number of nitrogens with one attached hydrogen (secondary N) is 1. The molecule has 0 bridgehead atoms. The summed E-state index contributed by atoms with van der Waals surface area (Å²) in [4.78, 5) is 2.35. The molecule has 0 radical (unpaired) electrons.